The second-order valence-corrected chi connectivity index (χ2v) is 8.13. The zero-order chi connectivity index (χ0) is 20.1. The van der Waals surface area contributed by atoms with Gasteiger partial charge in [-0.1, -0.05) is 55.5 Å². The number of carbonyl (C=O) groups is 1. The van der Waals surface area contributed by atoms with Crippen molar-refractivity contribution in [3.05, 3.63) is 66.2 Å². The van der Waals surface area contributed by atoms with Crippen LogP contribution in [0.3, 0.4) is 0 Å². The fraction of sp³-hybridized carbons (Fsp3) is 0.458. The number of piperazine rings is 1. The summed E-state index contributed by atoms with van der Waals surface area (Å²) in [7, 11) is 0. The van der Waals surface area contributed by atoms with Crippen LogP contribution in [0.5, 0.6) is 0 Å². The number of hydrogen-bond acceptors (Lipinski definition) is 4. The molecule has 154 valence electrons. The zero-order valence-corrected chi connectivity index (χ0v) is 17.3. The van der Waals surface area contributed by atoms with E-state index in [1.54, 1.807) is 0 Å². The predicted octanol–water partition coefficient (Wildman–Crippen LogP) is 3.02. The van der Waals surface area contributed by atoms with Crippen LogP contribution in [0.4, 0.5) is 5.69 Å². The molecule has 5 nitrogen and oxygen atoms in total. The lowest BCUT2D eigenvalue weighted by Gasteiger charge is -2.53. The molecule has 2 aromatic carbocycles. The molecular weight excluding hydrogens is 362 g/mol. The largest absolute Gasteiger partial charge is 0.377 e. The molecule has 29 heavy (non-hydrogen) atoms. The molecule has 0 bridgehead atoms. The van der Waals surface area contributed by atoms with Gasteiger partial charge in [-0.3, -0.25) is 14.6 Å². The van der Waals surface area contributed by atoms with Crippen LogP contribution in [0.1, 0.15) is 18.9 Å². The summed E-state index contributed by atoms with van der Waals surface area (Å²) in [5.41, 5.74) is 2.28. The first kappa shape index (κ1) is 20.1. The van der Waals surface area contributed by atoms with E-state index in [0.29, 0.717) is 26.2 Å². The highest BCUT2D eigenvalue weighted by molar-refractivity contribution is 5.93. The van der Waals surface area contributed by atoms with Crippen molar-refractivity contribution in [2.24, 2.45) is 0 Å². The van der Waals surface area contributed by atoms with Gasteiger partial charge in [0, 0.05) is 51.4 Å². The summed E-state index contributed by atoms with van der Waals surface area (Å²) in [6.45, 7) is 9.15. The number of rotatable bonds is 7. The number of carbonyl (C=O) groups excluding carboxylic acids is 1. The highest BCUT2D eigenvalue weighted by Crippen LogP contribution is 2.30. The van der Waals surface area contributed by atoms with Crippen molar-refractivity contribution in [3.8, 4) is 0 Å². The van der Waals surface area contributed by atoms with E-state index in [1.165, 1.54) is 5.56 Å². The average Bonchev–Trinajstić information content (AvgIpc) is 2.75. The Balaban J connectivity index is 1.42. The lowest BCUT2D eigenvalue weighted by atomic mass is 9.92. The summed E-state index contributed by atoms with van der Waals surface area (Å²) in [6.07, 6.45) is 0.511. The Morgan fingerprint density at radius 2 is 1.59 bits per heavy atom. The Labute approximate surface area is 173 Å². The fourth-order valence-electron chi connectivity index (χ4n) is 4.35. The second kappa shape index (κ2) is 9.08. The van der Waals surface area contributed by atoms with E-state index < -0.39 is 0 Å². The first-order valence-corrected chi connectivity index (χ1v) is 10.6. The van der Waals surface area contributed by atoms with Crippen LogP contribution in [0, 0.1) is 0 Å². The molecule has 1 amide bonds. The molecule has 2 aliphatic heterocycles. The molecule has 0 spiro atoms. The Morgan fingerprint density at radius 1 is 0.966 bits per heavy atom. The fourth-order valence-corrected chi connectivity index (χ4v) is 4.35. The quantitative estimate of drug-likeness (QED) is 0.725. The van der Waals surface area contributed by atoms with Gasteiger partial charge < -0.3 is 9.64 Å². The highest BCUT2D eigenvalue weighted by atomic mass is 16.5. The molecule has 0 unspecified atom stereocenters. The third kappa shape index (κ3) is 4.53. The van der Waals surface area contributed by atoms with E-state index in [2.05, 4.69) is 40.1 Å². The van der Waals surface area contributed by atoms with Gasteiger partial charge in [-0.2, -0.15) is 0 Å². The van der Waals surface area contributed by atoms with Gasteiger partial charge in [-0.15, -0.1) is 0 Å². The smallest absolute Gasteiger partial charge is 0.226 e. The van der Waals surface area contributed by atoms with Crippen molar-refractivity contribution in [3.63, 3.8) is 0 Å². The Morgan fingerprint density at radius 3 is 2.14 bits per heavy atom. The monoisotopic (exact) mass is 393 g/mol. The van der Waals surface area contributed by atoms with Crippen LogP contribution in [-0.4, -0.2) is 67.2 Å². The van der Waals surface area contributed by atoms with Gasteiger partial charge in [0.2, 0.25) is 5.91 Å². The molecular formula is C24H31N3O2. The van der Waals surface area contributed by atoms with Gasteiger partial charge in [0.25, 0.3) is 0 Å². The summed E-state index contributed by atoms with van der Waals surface area (Å²) in [6, 6.07) is 20.7. The number of ether oxygens (including phenoxy) is 1. The number of hydrogen-bond donors (Lipinski definition) is 0. The van der Waals surface area contributed by atoms with Crippen LogP contribution in [0.25, 0.3) is 0 Å². The standard InChI is InChI=1S/C24H31N3O2/c1-2-23(28)27(22-11-7-4-8-12-22)18-24(19-29-20-24)26-15-13-25(14-16-26)17-21-9-5-3-6-10-21/h3-12H,2,13-20H2,1H3. The van der Waals surface area contributed by atoms with Crippen molar-refractivity contribution in [2.45, 2.75) is 25.4 Å². The number of nitrogens with zero attached hydrogens (tertiary/aromatic N) is 3. The minimum absolute atomic E-state index is 0.0699. The summed E-state index contributed by atoms with van der Waals surface area (Å²) in [4.78, 5) is 19.8. The van der Waals surface area contributed by atoms with Crippen LogP contribution in [0.2, 0.25) is 0 Å². The van der Waals surface area contributed by atoms with Crippen molar-refractivity contribution < 1.29 is 9.53 Å². The molecule has 2 aromatic rings. The molecule has 2 saturated heterocycles. The van der Waals surface area contributed by atoms with Crippen molar-refractivity contribution in [1.29, 1.82) is 0 Å². The van der Waals surface area contributed by atoms with Crippen LogP contribution < -0.4 is 4.90 Å². The number of benzene rings is 2. The summed E-state index contributed by atoms with van der Waals surface area (Å²) < 4.78 is 5.67. The van der Waals surface area contributed by atoms with Crippen molar-refractivity contribution in [2.75, 3.05) is 50.8 Å². The molecule has 2 fully saturated rings. The predicted molar refractivity (Wildman–Crippen MR) is 116 cm³/mol. The van der Waals surface area contributed by atoms with Crippen molar-refractivity contribution in [1.82, 2.24) is 9.80 Å². The van der Waals surface area contributed by atoms with Crippen LogP contribution in [0.15, 0.2) is 60.7 Å². The van der Waals surface area contributed by atoms with Crippen LogP contribution >= 0.6 is 0 Å². The molecule has 0 atom stereocenters. The molecule has 2 aliphatic rings. The third-order valence-electron chi connectivity index (χ3n) is 6.16. The van der Waals surface area contributed by atoms with E-state index in [1.807, 2.05) is 42.2 Å². The SMILES string of the molecule is CCC(=O)N(CC1(N2CCN(Cc3ccccc3)CC2)COC1)c1ccccc1. The molecule has 0 aromatic heterocycles. The average molecular weight is 394 g/mol. The van der Waals surface area contributed by atoms with E-state index in [9.17, 15) is 4.79 Å². The zero-order valence-electron chi connectivity index (χ0n) is 17.3. The molecule has 2 heterocycles. The first-order valence-electron chi connectivity index (χ1n) is 10.6. The molecule has 0 N–H and O–H groups in total. The highest BCUT2D eigenvalue weighted by Gasteiger charge is 2.47. The van der Waals surface area contributed by atoms with Gasteiger partial charge in [0.05, 0.1) is 18.8 Å². The number of amides is 1. The maximum absolute atomic E-state index is 12.7. The summed E-state index contributed by atoms with van der Waals surface area (Å²) in [5, 5.41) is 0. The molecule has 5 heteroatoms. The van der Waals surface area contributed by atoms with Gasteiger partial charge in [0.15, 0.2) is 0 Å². The van der Waals surface area contributed by atoms with Gasteiger partial charge >= 0.3 is 0 Å². The Kier molecular flexibility index (Phi) is 6.28. The van der Waals surface area contributed by atoms with Crippen LogP contribution in [-0.2, 0) is 16.1 Å². The minimum atomic E-state index is -0.0699. The lowest BCUT2D eigenvalue weighted by molar-refractivity contribution is -0.147. The Bertz CT molecular complexity index is 784. The van der Waals surface area contributed by atoms with E-state index in [4.69, 9.17) is 4.74 Å². The first-order chi connectivity index (χ1) is 14.2. The third-order valence-corrected chi connectivity index (χ3v) is 6.16. The van der Waals surface area contributed by atoms with E-state index >= 15 is 0 Å². The topological polar surface area (TPSA) is 36.0 Å². The number of para-hydroxylation sites is 1. The molecule has 4 rings (SSSR count). The summed E-state index contributed by atoms with van der Waals surface area (Å²) >= 11 is 0. The summed E-state index contributed by atoms with van der Waals surface area (Å²) in [5.74, 6) is 0.171. The normalized spacial score (nSPS) is 19.5. The van der Waals surface area contributed by atoms with Gasteiger partial charge in [-0.05, 0) is 17.7 Å². The maximum Gasteiger partial charge on any atom is 0.226 e. The Hall–Kier alpha value is -2.21. The second-order valence-electron chi connectivity index (χ2n) is 8.13. The number of anilines is 1. The molecule has 0 saturated carbocycles. The van der Waals surface area contributed by atoms with Gasteiger partial charge in [0.1, 0.15) is 0 Å². The van der Waals surface area contributed by atoms with E-state index in [0.717, 1.165) is 38.4 Å². The van der Waals surface area contributed by atoms with Gasteiger partial charge in [-0.25, -0.2) is 0 Å². The van der Waals surface area contributed by atoms with Crippen molar-refractivity contribution >= 4 is 11.6 Å². The molecule has 0 radical (unpaired) electrons. The molecule has 0 aliphatic carbocycles. The minimum Gasteiger partial charge on any atom is -0.377 e. The van der Waals surface area contributed by atoms with E-state index in [-0.39, 0.29) is 11.4 Å². The lowest BCUT2D eigenvalue weighted by Crippen LogP contribution is -2.70. The maximum atomic E-state index is 12.7.